The molecule has 0 aliphatic rings. The first-order valence-electron chi connectivity index (χ1n) is 7.53. The average Bonchev–Trinajstić information content (AvgIpc) is 2.45. The van der Waals surface area contributed by atoms with Crippen molar-refractivity contribution in [3.8, 4) is 11.9 Å². The predicted molar refractivity (Wildman–Crippen MR) is 81.4 cm³/mol. The Kier molecular flexibility index (Phi) is 7.55. The number of aromatic hydroxyl groups is 1. The first-order chi connectivity index (χ1) is 10.1. The van der Waals surface area contributed by atoms with Gasteiger partial charge in [0.05, 0.1) is 0 Å². The van der Waals surface area contributed by atoms with Crippen LogP contribution in [0.5, 0.6) is 5.88 Å². The van der Waals surface area contributed by atoms with Crippen molar-refractivity contribution >= 4 is 0 Å². The van der Waals surface area contributed by atoms with Crippen molar-refractivity contribution in [2.24, 2.45) is 0 Å². The van der Waals surface area contributed by atoms with Crippen LogP contribution in [-0.2, 0) is 11.3 Å². The summed E-state index contributed by atoms with van der Waals surface area (Å²) < 4.78 is 6.73. The van der Waals surface area contributed by atoms with Crippen molar-refractivity contribution in [1.29, 1.82) is 5.26 Å². The molecule has 0 aliphatic carbocycles. The van der Waals surface area contributed by atoms with E-state index in [-0.39, 0.29) is 17.0 Å². The molecular weight excluding hydrogens is 268 g/mol. The van der Waals surface area contributed by atoms with Crippen LogP contribution in [0.1, 0.15) is 50.2 Å². The number of aromatic nitrogens is 1. The van der Waals surface area contributed by atoms with E-state index >= 15 is 0 Å². The Morgan fingerprint density at radius 2 is 2.00 bits per heavy atom. The predicted octanol–water partition coefficient (Wildman–Crippen LogP) is 2.72. The molecule has 0 fully saturated rings. The summed E-state index contributed by atoms with van der Waals surface area (Å²) in [5.41, 5.74) is 0.380. The summed E-state index contributed by atoms with van der Waals surface area (Å²) in [5.74, 6) is -0.245. The summed E-state index contributed by atoms with van der Waals surface area (Å²) in [4.78, 5) is 11.8. The topological polar surface area (TPSA) is 75.2 Å². The molecule has 5 nitrogen and oxygen atoms in total. The van der Waals surface area contributed by atoms with Gasteiger partial charge in [-0.05, 0) is 25.3 Å². The highest BCUT2D eigenvalue weighted by Gasteiger charge is 2.11. The van der Waals surface area contributed by atoms with Crippen molar-refractivity contribution in [2.75, 3.05) is 13.2 Å². The van der Waals surface area contributed by atoms with Gasteiger partial charge < -0.3 is 9.84 Å². The standard InChI is InChI=1S/C16H24N2O3/c1-3-4-5-6-9-21-10-7-8-18-15(19)11-13(2)14(12-17)16(18)20/h11,20H,3-10H2,1-2H3. The monoisotopic (exact) mass is 292 g/mol. The third-order valence-electron chi connectivity index (χ3n) is 3.40. The number of unbranched alkanes of at least 4 members (excludes halogenated alkanes) is 3. The van der Waals surface area contributed by atoms with Gasteiger partial charge in [0.15, 0.2) is 0 Å². The van der Waals surface area contributed by atoms with E-state index in [1.807, 2.05) is 6.07 Å². The zero-order valence-electron chi connectivity index (χ0n) is 12.9. The highest BCUT2D eigenvalue weighted by molar-refractivity contribution is 5.43. The summed E-state index contributed by atoms with van der Waals surface area (Å²) in [5, 5.41) is 18.9. The Morgan fingerprint density at radius 1 is 1.29 bits per heavy atom. The van der Waals surface area contributed by atoms with Crippen molar-refractivity contribution in [3.63, 3.8) is 0 Å². The molecule has 116 valence electrons. The minimum Gasteiger partial charge on any atom is -0.493 e. The van der Waals surface area contributed by atoms with Crippen LogP contribution in [0.4, 0.5) is 0 Å². The van der Waals surface area contributed by atoms with Gasteiger partial charge in [-0.2, -0.15) is 5.26 Å². The molecule has 1 heterocycles. The third kappa shape index (κ3) is 5.24. The zero-order chi connectivity index (χ0) is 15.7. The molecule has 5 heteroatoms. The highest BCUT2D eigenvalue weighted by Crippen LogP contribution is 2.17. The van der Waals surface area contributed by atoms with Gasteiger partial charge in [-0.3, -0.25) is 9.36 Å². The first kappa shape index (κ1) is 17.3. The molecule has 0 unspecified atom stereocenters. The van der Waals surface area contributed by atoms with Crippen LogP contribution in [0.25, 0.3) is 0 Å². The molecule has 1 rings (SSSR count). The second-order valence-corrected chi connectivity index (χ2v) is 5.15. The third-order valence-corrected chi connectivity index (χ3v) is 3.40. The second-order valence-electron chi connectivity index (χ2n) is 5.15. The Hall–Kier alpha value is -1.80. The van der Waals surface area contributed by atoms with E-state index in [0.29, 0.717) is 25.1 Å². The van der Waals surface area contributed by atoms with Crippen LogP contribution in [0.15, 0.2) is 10.9 Å². The van der Waals surface area contributed by atoms with Gasteiger partial charge in [0.1, 0.15) is 11.6 Å². The largest absolute Gasteiger partial charge is 0.493 e. The lowest BCUT2D eigenvalue weighted by Gasteiger charge is -2.11. The second kappa shape index (κ2) is 9.19. The summed E-state index contributed by atoms with van der Waals surface area (Å²) in [6.45, 7) is 5.45. The molecule has 1 aromatic rings. The Balaban J connectivity index is 2.43. The van der Waals surface area contributed by atoms with Crippen LogP contribution in [0.3, 0.4) is 0 Å². The molecule has 21 heavy (non-hydrogen) atoms. The number of hydrogen-bond donors (Lipinski definition) is 1. The fraction of sp³-hybridized carbons (Fsp3) is 0.625. The normalized spacial score (nSPS) is 10.5. The molecule has 1 aromatic heterocycles. The highest BCUT2D eigenvalue weighted by atomic mass is 16.5. The molecule has 0 bridgehead atoms. The van der Waals surface area contributed by atoms with Gasteiger partial charge in [-0.15, -0.1) is 0 Å². The van der Waals surface area contributed by atoms with Gasteiger partial charge in [-0.1, -0.05) is 26.2 Å². The summed E-state index contributed by atoms with van der Waals surface area (Å²) in [6.07, 6.45) is 5.31. The van der Waals surface area contributed by atoms with E-state index in [1.54, 1.807) is 6.92 Å². The molecule has 0 amide bonds. The molecule has 0 spiro atoms. The smallest absolute Gasteiger partial charge is 0.253 e. The van der Waals surface area contributed by atoms with E-state index in [0.717, 1.165) is 13.0 Å². The van der Waals surface area contributed by atoms with Gasteiger partial charge in [0.25, 0.3) is 5.56 Å². The maximum Gasteiger partial charge on any atom is 0.253 e. The minimum absolute atomic E-state index is 0.162. The molecule has 0 aromatic carbocycles. The fourth-order valence-electron chi connectivity index (χ4n) is 2.16. The van der Waals surface area contributed by atoms with Crippen molar-refractivity contribution in [1.82, 2.24) is 4.57 Å². The maximum absolute atomic E-state index is 11.8. The van der Waals surface area contributed by atoms with Crippen LogP contribution in [0, 0.1) is 18.3 Å². The molecule has 0 aliphatic heterocycles. The molecule has 1 N–H and O–H groups in total. The summed E-state index contributed by atoms with van der Waals surface area (Å²) >= 11 is 0. The number of rotatable bonds is 9. The van der Waals surface area contributed by atoms with Gasteiger partial charge in [0, 0.05) is 25.8 Å². The van der Waals surface area contributed by atoms with Gasteiger partial charge >= 0.3 is 0 Å². The van der Waals surface area contributed by atoms with E-state index in [1.165, 1.54) is 29.9 Å². The average molecular weight is 292 g/mol. The Labute approximate surface area is 125 Å². The van der Waals surface area contributed by atoms with Crippen LogP contribution in [-0.4, -0.2) is 22.9 Å². The van der Waals surface area contributed by atoms with Crippen LogP contribution in [0.2, 0.25) is 0 Å². The number of hydrogen-bond acceptors (Lipinski definition) is 4. The number of ether oxygens (including phenoxy) is 1. The molecular formula is C16H24N2O3. The Bertz CT molecular complexity index is 544. The molecule has 0 saturated heterocycles. The van der Waals surface area contributed by atoms with Crippen molar-refractivity contribution in [2.45, 2.75) is 52.5 Å². The van der Waals surface area contributed by atoms with E-state index in [2.05, 4.69) is 6.92 Å². The number of aryl methyl sites for hydroxylation is 1. The van der Waals surface area contributed by atoms with E-state index in [9.17, 15) is 9.90 Å². The SMILES string of the molecule is CCCCCCOCCCn1c(O)c(C#N)c(C)cc1=O. The fourth-order valence-corrected chi connectivity index (χ4v) is 2.16. The quantitative estimate of drug-likeness (QED) is 0.710. The first-order valence-corrected chi connectivity index (χ1v) is 7.53. The van der Waals surface area contributed by atoms with E-state index in [4.69, 9.17) is 10.00 Å². The summed E-state index contributed by atoms with van der Waals surface area (Å²) in [7, 11) is 0. The molecule has 0 saturated carbocycles. The van der Waals surface area contributed by atoms with Crippen molar-refractivity contribution < 1.29 is 9.84 Å². The van der Waals surface area contributed by atoms with Crippen LogP contribution >= 0.6 is 0 Å². The van der Waals surface area contributed by atoms with Crippen molar-refractivity contribution in [3.05, 3.63) is 27.5 Å². The minimum atomic E-state index is -0.285. The molecule has 0 radical (unpaired) electrons. The number of nitriles is 1. The molecule has 0 atom stereocenters. The lowest BCUT2D eigenvalue weighted by Crippen LogP contribution is -2.21. The van der Waals surface area contributed by atoms with Crippen LogP contribution < -0.4 is 5.56 Å². The van der Waals surface area contributed by atoms with Gasteiger partial charge in [0.2, 0.25) is 5.88 Å². The Morgan fingerprint density at radius 3 is 2.67 bits per heavy atom. The lowest BCUT2D eigenvalue weighted by atomic mass is 10.1. The van der Waals surface area contributed by atoms with Gasteiger partial charge in [-0.25, -0.2) is 0 Å². The zero-order valence-corrected chi connectivity index (χ0v) is 12.9. The van der Waals surface area contributed by atoms with E-state index < -0.39 is 0 Å². The lowest BCUT2D eigenvalue weighted by molar-refractivity contribution is 0.124. The summed E-state index contributed by atoms with van der Waals surface area (Å²) in [6, 6.07) is 3.30. The number of nitrogens with zero attached hydrogens (tertiary/aromatic N) is 2. The number of pyridine rings is 1. The maximum atomic E-state index is 11.8.